The highest BCUT2D eigenvalue weighted by Gasteiger charge is 2.57. The van der Waals surface area contributed by atoms with Gasteiger partial charge in [-0.15, -0.1) is 0 Å². The van der Waals surface area contributed by atoms with E-state index in [1.165, 1.54) is 0 Å². The minimum absolute atomic E-state index is 0.360. The fourth-order valence-electron chi connectivity index (χ4n) is 2.10. The van der Waals surface area contributed by atoms with Crippen LogP contribution in [0.15, 0.2) is 30.3 Å². The number of hydrogen-bond acceptors (Lipinski definition) is 4. The van der Waals surface area contributed by atoms with E-state index in [1.54, 1.807) is 44.2 Å². The summed E-state index contributed by atoms with van der Waals surface area (Å²) in [7, 11) is 0. The van der Waals surface area contributed by atoms with Crippen LogP contribution in [0.2, 0.25) is 0 Å². The largest absolute Gasteiger partial charge is 0.550 e. The second-order valence-corrected chi connectivity index (χ2v) is 5.07. The van der Waals surface area contributed by atoms with Crippen molar-refractivity contribution in [1.82, 2.24) is 0 Å². The molecule has 19 heavy (non-hydrogen) atoms. The fraction of sp³-hybridized carbons (Fsp3) is 0.333. The molecule has 0 bridgehead atoms. The van der Waals surface area contributed by atoms with Crippen LogP contribution in [-0.4, -0.2) is 11.9 Å². The molecule has 0 aromatic heterocycles. The number of aliphatic carboxylic acids is 1. The number of carboxylic acid groups (broad SMARTS) is 1. The Morgan fingerprint density at radius 2 is 1.89 bits per heavy atom. The van der Waals surface area contributed by atoms with E-state index in [4.69, 9.17) is 4.74 Å². The molecular formula is C15H13O4-. The normalized spacial score (nSPS) is 22.8. The third-order valence-corrected chi connectivity index (χ3v) is 3.36. The monoisotopic (exact) mass is 257 g/mol. The van der Waals surface area contributed by atoms with Crippen molar-refractivity contribution >= 4 is 11.9 Å². The van der Waals surface area contributed by atoms with Gasteiger partial charge < -0.3 is 14.6 Å². The summed E-state index contributed by atoms with van der Waals surface area (Å²) >= 11 is 0. The molecule has 1 aliphatic rings. The maximum atomic E-state index is 11.5. The minimum Gasteiger partial charge on any atom is -0.550 e. The molecule has 2 rings (SSSR count). The molecule has 2 unspecified atom stereocenters. The third kappa shape index (κ3) is 2.76. The van der Waals surface area contributed by atoms with Crippen LogP contribution in [0.5, 0.6) is 5.75 Å². The molecule has 0 heterocycles. The number of benzene rings is 1. The lowest BCUT2D eigenvalue weighted by atomic mass is 10.1. The molecule has 0 amide bonds. The second kappa shape index (κ2) is 4.77. The van der Waals surface area contributed by atoms with E-state index in [0.29, 0.717) is 5.75 Å². The summed E-state index contributed by atoms with van der Waals surface area (Å²) in [5.41, 5.74) is -0.446. The van der Waals surface area contributed by atoms with Gasteiger partial charge in [0.05, 0.1) is 0 Å². The zero-order valence-electron chi connectivity index (χ0n) is 10.7. The van der Waals surface area contributed by atoms with Crippen LogP contribution >= 0.6 is 0 Å². The topological polar surface area (TPSA) is 66.4 Å². The van der Waals surface area contributed by atoms with E-state index >= 15 is 0 Å². The van der Waals surface area contributed by atoms with Crippen molar-refractivity contribution in [1.29, 1.82) is 0 Å². The van der Waals surface area contributed by atoms with Gasteiger partial charge in [-0.05, 0) is 17.5 Å². The quantitative estimate of drug-likeness (QED) is 0.337. The van der Waals surface area contributed by atoms with Gasteiger partial charge >= 0.3 is 5.97 Å². The summed E-state index contributed by atoms with van der Waals surface area (Å²) in [5.74, 6) is 2.60. The van der Waals surface area contributed by atoms with E-state index in [-0.39, 0.29) is 5.92 Å². The highest BCUT2D eigenvalue weighted by molar-refractivity contribution is 5.90. The lowest BCUT2D eigenvalue weighted by Gasteiger charge is -2.00. The molecule has 1 saturated carbocycles. The van der Waals surface area contributed by atoms with Crippen LogP contribution < -0.4 is 9.84 Å². The SMILES string of the molecule is CC1(C)C(C#CC(=O)Oc2ccccc2)C1C(=O)[O-]. The minimum atomic E-state index is -1.12. The molecule has 1 aromatic carbocycles. The summed E-state index contributed by atoms with van der Waals surface area (Å²) in [6.07, 6.45) is 0. The lowest BCUT2D eigenvalue weighted by molar-refractivity contribution is -0.308. The van der Waals surface area contributed by atoms with E-state index in [2.05, 4.69) is 11.8 Å². The van der Waals surface area contributed by atoms with Gasteiger partial charge in [-0.3, -0.25) is 0 Å². The van der Waals surface area contributed by atoms with Crippen molar-refractivity contribution in [2.24, 2.45) is 17.3 Å². The lowest BCUT2D eigenvalue weighted by Crippen LogP contribution is -2.26. The number of ether oxygens (including phenoxy) is 1. The van der Waals surface area contributed by atoms with Crippen molar-refractivity contribution in [2.45, 2.75) is 13.8 Å². The van der Waals surface area contributed by atoms with Crippen molar-refractivity contribution in [3.63, 3.8) is 0 Å². The van der Waals surface area contributed by atoms with Crippen LogP contribution in [0.3, 0.4) is 0 Å². The highest BCUT2D eigenvalue weighted by Crippen LogP contribution is 2.57. The summed E-state index contributed by atoms with van der Waals surface area (Å²) in [6.45, 7) is 3.57. The van der Waals surface area contributed by atoms with Crippen LogP contribution in [0, 0.1) is 29.1 Å². The van der Waals surface area contributed by atoms with Crippen LogP contribution in [0.1, 0.15) is 13.8 Å². The Hall–Kier alpha value is -2.28. The van der Waals surface area contributed by atoms with Gasteiger partial charge in [0.1, 0.15) is 5.75 Å². The first kappa shape index (κ1) is 13.2. The number of carbonyl (C=O) groups is 2. The zero-order valence-corrected chi connectivity index (χ0v) is 10.7. The summed E-state index contributed by atoms with van der Waals surface area (Å²) < 4.78 is 4.98. The predicted octanol–water partition coefficient (Wildman–Crippen LogP) is 0.617. The maximum absolute atomic E-state index is 11.5. The molecule has 0 radical (unpaired) electrons. The number of carbonyl (C=O) groups excluding carboxylic acids is 2. The first-order chi connectivity index (χ1) is 8.93. The van der Waals surface area contributed by atoms with Gasteiger partial charge in [-0.2, -0.15) is 0 Å². The number of hydrogen-bond donors (Lipinski definition) is 0. The Bertz CT molecular complexity index is 563. The second-order valence-electron chi connectivity index (χ2n) is 5.07. The molecule has 2 atom stereocenters. The van der Waals surface area contributed by atoms with Gasteiger partial charge in [0.25, 0.3) is 0 Å². The first-order valence-corrected chi connectivity index (χ1v) is 5.92. The van der Waals surface area contributed by atoms with Gasteiger partial charge in [0, 0.05) is 23.7 Å². The fourth-order valence-corrected chi connectivity index (χ4v) is 2.10. The Balaban J connectivity index is 1.98. The van der Waals surface area contributed by atoms with Gasteiger partial charge in [-0.1, -0.05) is 38.0 Å². The molecule has 0 aliphatic heterocycles. The van der Waals surface area contributed by atoms with E-state index in [9.17, 15) is 14.7 Å². The van der Waals surface area contributed by atoms with E-state index in [1.807, 2.05) is 0 Å². The average Bonchev–Trinajstić information content (AvgIpc) is 2.90. The maximum Gasteiger partial charge on any atom is 0.389 e. The van der Waals surface area contributed by atoms with Crippen LogP contribution in [0.4, 0.5) is 0 Å². The smallest absolute Gasteiger partial charge is 0.389 e. The van der Waals surface area contributed by atoms with Gasteiger partial charge in [-0.25, -0.2) is 4.79 Å². The molecule has 0 N–H and O–H groups in total. The van der Waals surface area contributed by atoms with Gasteiger partial charge in [0.2, 0.25) is 0 Å². The van der Waals surface area contributed by atoms with Crippen LogP contribution in [-0.2, 0) is 9.59 Å². The molecule has 1 fully saturated rings. The molecule has 98 valence electrons. The Labute approximate surface area is 111 Å². The Kier molecular flexibility index (Phi) is 3.30. The van der Waals surface area contributed by atoms with Gasteiger partial charge in [0.15, 0.2) is 0 Å². The van der Waals surface area contributed by atoms with Crippen LogP contribution in [0.25, 0.3) is 0 Å². The molecular weight excluding hydrogens is 244 g/mol. The predicted molar refractivity (Wildman–Crippen MR) is 65.6 cm³/mol. The van der Waals surface area contributed by atoms with Crippen molar-refractivity contribution < 1.29 is 19.4 Å². The number of carboxylic acids is 1. The van der Waals surface area contributed by atoms with Crippen molar-refractivity contribution in [3.05, 3.63) is 30.3 Å². The standard InChI is InChI=1S/C15H14O4/c1-15(2)11(13(15)14(17)18)8-9-12(16)19-10-6-4-3-5-7-10/h3-7,11,13H,1-2H3,(H,17,18)/p-1. The van der Waals surface area contributed by atoms with Crippen molar-refractivity contribution in [3.8, 4) is 17.6 Å². The summed E-state index contributed by atoms with van der Waals surface area (Å²) in [4.78, 5) is 22.3. The Morgan fingerprint density at radius 3 is 2.42 bits per heavy atom. The first-order valence-electron chi connectivity index (χ1n) is 5.92. The molecule has 1 aliphatic carbocycles. The molecule has 1 aromatic rings. The average molecular weight is 257 g/mol. The molecule has 4 heteroatoms. The molecule has 0 spiro atoms. The van der Waals surface area contributed by atoms with E-state index in [0.717, 1.165) is 0 Å². The summed E-state index contributed by atoms with van der Waals surface area (Å²) in [6, 6.07) is 8.58. The Morgan fingerprint density at radius 1 is 1.26 bits per heavy atom. The third-order valence-electron chi connectivity index (χ3n) is 3.36. The number of rotatable bonds is 2. The molecule has 0 saturated heterocycles. The molecule has 4 nitrogen and oxygen atoms in total. The number of para-hydroxylation sites is 1. The van der Waals surface area contributed by atoms with Crippen molar-refractivity contribution in [2.75, 3.05) is 0 Å². The highest BCUT2D eigenvalue weighted by atomic mass is 16.5. The van der Waals surface area contributed by atoms with E-state index < -0.39 is 23.3 Å². The zero-order chi connectivity index (χ0) is 14.0. The number of esters is 1. The summed E-state index contributed by atoms with van der Waals surface area (Å²) in [5, 5.41) is 10.8.